The molecule has 0 saturated carbocycles. The van der Waals surface area contributed by atoms with Gasteiger partial charge in [-0.25, -0.2) is 13.4 Å². The van der Waals surface area contributed by atoms with Crippen LogP contribution in [-0.2, 0) is 16.6 Å². The number of nitrogens with zero attached hydrogens (tertiary/aromatic N) is 1. The van der Waals surface area contributed by atoms with Gasteiger partial charge in [0.15, 0.2) is 0 Å². The van der Waals surface area contributed by atoms with Gasteiger partial charge in [-0.1, -0.05) is 6.92 Å². The molecule has 1 aromatic carbocycles. The molecule has 6 nitrogen and oxygen atoms in total. The molecule has 0 aliphatic rings. The first kappa shape index (κ1) is 16.9. The highest BCUT2D eigenvalue weighted by atomic mass is 32.2. The highest BCUT2D eigenvalue weighted by molar-refractivity contribution is 7.89. The molecule has 0 bridgehead atoms. The molecule has 0 heterocycles. The van der Waals surface area contributed by atoms with E-state index in [2.05, 4.69) is 17.1 Å². The van der Waals surface area contributed by atoms with Crippen molar-refractivity contribution in [2.45, 2.75) is 24.8 Å². The van der Waals surface area contributed by atoms with E-state index in [4.69, 9.17) is 4.74 Å². The molecule has 2 N–H and O–H groups in total. The standard InChI is InChI=1S/C13H23N3O3S/c1-5-8-14-10-11-9-12(6-7-13(11)19-4)20(17,18)15-16(2)3/h6-7,9,14-15H,5,8,10H2,1-4H3. The largest absolute Gasteiger partial charge is 0.496 e. The Morgan fingerprint density at radius 1 is 1.30 bits per heavy atom. The summed E-state index contributed by atoms with van der Waals surface area (Å²) in [7, 11) is 1.29. The quantitative estimate of drug-likeness (QED) is 0.552. The molecule has 0 unspecified atom stereocenters. The molecule has 0 aliphatic carbocycles. The summed E-state index contributed by atoms with van der Waals surface area (Å²) in [6, 6.07) is 4.84. The Hall–Kier alpha value is -1.15. The SMILES string of the molecule is CCCNCc1cc(S(=O)(=O)NN(C)C)ccc1OC. The molecule has 0 aliphatic heterocycles. The van der Waals surface area contributed by atoms with Gasteiger partial charge in [-0.05, 0) is 31.2 Å². The minimum absolute atomic E-state index is 0.222. The minimum atomic E-state index is -3.55. The van der Waals surface area contributed by atoms with E-state index < -0.39 is 10.0 Å². The van der Waals surface area contributed by atoms with Crippen LogP contribution in [0.4, 0.5) is 0 Å². The molecule has 0 fully saturated rings. The molecular formula is C13H23N3O3S. The van der Waals surface area contributed by atoms with Crippen LogP contribution in [0.5, 0.6) is 5.75 Å². The highest BCUT2D eigenvalue weighted by Crippen LogP contribution is 2.22. The molecule has 0 amide bonds. The van der Waals surface area contributed by atoms with E-state index in [1.165, 1.54) is 11.1 Å². The van der Waals surface area contributed by atoms with Crippen molar-refractivity contribution in [1.82, 2.24) is 15.2 Å². The van der Waals surface area contributed by atoms with Crippen LogP contribution in [0.15, 0.2) is 23.1 Å². The Morgan fingerprint density at radius 2 is 2.00 bits per heavy atom. The van der Waals surface area contributed by atoms with E-state index >= 15 is 0 Å². The van der Waals surface area contributed by atoms with Gasteiger partial charge in [0.1, 0.15) is 5.75 Å². The predicted molar refractivity (Wildman–Crippen MR) is 79.0 cm³/mol. The maximum Gasteiger partial charge on any atom is 0.253 e. The number of hydrogen-bond donors (Lipinski definition) is 2. The fourth-order valence-corrected chi connectivity index (χ4v) is 2.88. The summed E-state index contributed by atoms with van der Waals surface area (Å²) in [5, 5.41) is 4.64. The van der Waals surface area contributed by atoms with Gasteiger partial charge in [0, 0.05) is 26.2 Å². The van der Waals surface area contributed by atoms with Crippen molar-refractivity contribution in [3.63, 3.8) is 0 Å². The van der Waals surface area contributed by atoms with Gasteiger partial charge in [-0.2, -0.15) is 0 Å². The van der Waals surface area contributed by atoms with Crippen LogP contribution >= 0.6 is 0 Å². The summed E-state index contributed by atoms with van der Waals surface area (Å²) in [6.45, 7) is 3.52. The van der Waals surface area contributed by atoms with Gasteiger partial charge in [0.05, 0.1) is 12.0 Å². The Morgan fingerprint density at radius 3 is 2.55 bits per heavy atom. The minimum Gasteiger partial charge on any atom is -0.496 e. The van der Waals surface area contributed by atoms with E-state index in [1.807, 2.05) is 0 Å². The van der Waals surface area contributed by atoms with Crippen LogP contribution < -0.4 is 14.9 Å². The van der Waals surface area contributed by atoms with Crippen molar-refractivity contribution in [1.29, 1.82) is 0 Å². The smallest absolute Gasteiger partial charge is 0.253 e. The van der Waals surface area contributed by atoms with E-state index in [-0.39, 0.29) is 4.90 Å². The molecule has 1 aromatic rings. The van der Waals surface area contributed by atoms with Crippen molar-refractivity contribution in [2.75, 3.05) is 27.7 Å². The van der Waals surface area contributed by atoms with Crippen LogP contribution in [0.1, 0.15) is 18.9 Å². The monoisotopic (exact) mass is 301 g/mol. The fourth-order valence-electron chi connectivity index (χ4n) is 1.75. The number of benzene rings is 1. The molecule has 0 aromatic heterocycles. The first-order valence-corrected chi connectivity index (χ1v) is 7.96. The Labute approximate surface area is 121 Å². The lowest BCUT2D eigenvalue weighted by atomic mass is 10.2. The zero-order valence-corrected chi connectivity index (χ0v) is 13.3. The number of ether oxygens (including phenoxy) is 1. The molecule has 0 spiro atoms. The van der Waals surface area contributed by atoms with Crippen LogP contribution in [0, 0.1) is 0 Å². The number of hydrazine groups is 1. The zero-order chi connectivity index (χ0) is 15.2. The number of hydrogen-bond acceptors (Lipinski definition) is 5. The van der Waals surface area contributed by atoms with Gasteiger partial charge in [-0.15, -0.1) is 4.83 Å². The normalized spacial score (nSPS) is 11.8. The second-order valence-corrected chi connectivity index (χ2v) is 6.30. The Balaban J connectivity index is 3.02. The van der Waals surface area contributed by atoms with Crippen molar-refractivity contribution < 1.29 is 13.2 Å². The molecule has 0 atom stereocenters. The maximum absolute atomic E-state index is 12.1. The van der Waals surface area contributed by atoms with Gasteiger partial charge in [0.25, 0.3) is 10.0 Å². The first-order valence-electron chi connectivity index (χ1n) is 6.48. The summed E-state index contributed by atoms with van der Waals surface area (Å²) in [5.41, 5.74) is 0.822. The van der Waals surface area contributed by atoms with Crippen molar-refractivity contribution in [2.24, 2.45) is 0 Å². The lowest BCUT2D eigenvalue weighted by Crippen LogP contribution is -2.36. The zero-order valence-electron chi connectivity index (χ0n) is 12.4. The number of sulfonamides is 1. The third-order valence-corrected chi connectivity index (χ3v) is 4.09. The van der Waals surface area contributed by atoms with E-state index in [9.17, 15) is 8.42 Å². The first-order chi connectivity index (χ1) is 9.40. The van der Waals surface area contributed by atoms with Crippen LogP contribution in [0.2, 0.25) is 0 Å². The summed E-state index contributed by atoms with van der Waals surface area (Å²) in [6.07, 6.45) is 1.02. The maximum atomic E-state index is 12.1. The summed E-state index contributed by atoms with van der Waals surface area (Å²) in [4.78, 5) is 2.63. The third kappa shape index (κ3) is 4.75. The molecule has 0 saturated heterocycles. The Kier molecular flexibility index (Phi) is 6.41. The van der Waals surface area contributed by atoms with E-state index in [0.717, 1.165) is 18.5 Å². The average Bonchev–Trinajstić information content (AvgIpc) is 2.37. The lowest BCUT2D eigenvalue weighted by molar-refractivity contribution is 0.364. The summed E-state index contributed by atoms with van der Waals surface area (Å²) < 4.78 is 29.5. The fraction of sp³-hybridized carbons (Fsp3) is 0.538. The van der Waals surface area contributed by atoms with Gasteiger partial charge in [0.2, 0.25) is 0 Å². The second-order valence-electron chi connectivity index (χ2n) is 4.64. The Bertz CT molecular complexity index is 530. The van der Waals surface area contributed by atoms with Crippen molar-refractivity contribution in [3.8, 4) is 5.75 Å². The van der Waals surface area contributed by atoms with E-state index in [1.54, 1.807) is 33.3 Å². The average molecular weight is 301 g/mol. The van der Waals surface area contributed by atoms with Gasteiger partial charge < -0.3 is 10.1 Å². The predicted octanol–water partition coefficient (Wildman–Crippen LogP) is 0.950. The van der Waals surface area contributed by atoms with Crippen LogP contribution in [0.3, 0.4) is 0 Å². The highest BCUT2D eigenvalue weighted by Gasteiger charge is 2.16. The van der Waals surface area contributed by atoms with Gasteiger partial charge in [-0.3, -0.25) is 0 Å². The molecule has 114 valence electrons. The summed E-state index contributed by atoms with van der Waals surface area (Å²) in [5.74, 6) is 0.678. The number of rotatable bonds is 8. The number of methoxy groups -OCH3 is 1. The molecular weight excluding hydrogens is 278 g/mol. The topological polar surface area (TPSA) is 70.7 Å². The van der Waals surface area contributed by atoms with E-state index in [0.29, 0.717) is 12.3 Å². The molecule has 20 heavy (non-hydrogen) atoms. The van der Waals surface area contributed by atoms with Gasteiger partial charge >= 0.3 is 0 Å². The molecule has 0 radical (unpaired) electrons. The van der Waals surface area contributed by atoms with Crippen molar-refractivity contribution in [3.05, 3.63) is 23.8 Å². The number of nitrogens with one attached hydrogen (secondary N) is 2. The lowest BCUT2D eigenvalue weighted by Gasteiger charge is -2.15. The second kappa shape index (κ2) is 7.58. The molecule has 1 rings (SSSR count). The molecule has 7 heteroatoms. The van der Waals surface area contributed by atoms with Crippen LogP contribution in [-0.4, -0.2) is 41.2 Å². The third-order valence-electron chi connectivity index (χ3n) is 2.61. The van der Waals surface area contributed by atoms with Crippen LogP contribution in [0.25, 0.3) is 0 Å². The summed E-state index contributed by atoms with van der Waals surface area (Å²) >= 11 is 0. The van der Waals surface area contributed by atoms with Crippen molar-refractivity contribution >= 4 is 10.0 Å².